The lowest BCUT2D eigenvalue weighted by atomic mass is 9.58. The normalized spacial score (nSPS) is 43.6. The number of ketones is 1. The number of aliphatic hydroxyl groups excluding tert-OH is 2. The van der Waals surface area contributed by atoms with Crippen LogP contribution in [0.2, 0.25) is 0 Å². The molecule has 0 aromatic heterocycles. The first-order valence-electron chi connectivity index (χ1n) is 14.9. The summed E-state index contributed by atoms with van der Waals surface area (Å²) in [7, 11) is 1.96. The van der Waals surface area contributed by atoms with Gasteiger partial charge >= 0.3 is 0 Å². The zero-order valence-corrected chi connectivity index (χ0v) is 24.4. The fourth-order valence-electron chi connectivity index (χ4n) is 9.48. The molecule has 9 atom stereocenters. The molecule has 40 heavy (non-hydrogen) atoms. The highest BCUT2D eigenvalue weighted by molar-refractivity contribution is 5.96. The molecule has 6 rings (SSSR count). The Kier molecular flexibility index (Phi) is 6.32. The number of carbonyl (C=O) groups is 2. The third-order valence-corrected chi connectivity index (χ3v) is 11.8. The van der Waals surface area contributed by atoms with Crippen LogP contribution in [0.4, 0.5) is 0 Å². The Bertz CT molecular complexity index is 1290. The van der Waals surface area contributed by atoms with Gasteiger partial charge < -0.3 is 20.6 Å². The molecule has 5 aliphatic rings. The largest absolute Gasteiger partial charge is 0.392 e. The van der Waals surface area contributed by atoms with Crippen molar-refractivity contribution in [2.45, 2.75) is 76.7 Å². The lowest BCUT2D eigenvalue weighted by molar-refractivity contribution is -0.173. The highest BCUT2D eigenvalue weighted by Crippen LogP contribution is 2.71. The number of likely N-dealkylation sites (tertiary alicyclic amines) is 1. The Morgan fingerprint density at radius 1 is 1.20 bits per heavy atom. The van der Waals surface area contributed by atoms with Crippen LogP contribution in [0, 0.1) is 34.5 Å². The molecule has 1 spiro atoms. The number of carbonyl (C=O) groups excluding carboxylic acids is 2. The third-order valence-electron chi connectivity index (χ3n) is 11.8. The summed E-state index contributed by atoms with van der Waals surface area (Å²) in [6.45, 7) is 8.53. The number of likely N-dealkylation sites (N-methyl/N-ethyl adjacent to an activating group) is 1. The van der Waals surface area contributed by atoms with E-state index in [0.29, 0.717) is 24.3 Å². The quantitative estimate of drug-likeness (QED) is 0.421. The number of nitrogens with one attached hydrogen (secondary N) is 1. The van der Waals surface area contributed by atoms with Gasteiger partial charge in [-0.05, 0) is 80.5 Å². The van der Waals surface area contributed by atoms with Gasteiger partial charge in [0.25, 0.3) is 0 Å². The minimum Gasteiger partial charge on any atom is -0.392 e. The van der Waals surface area contributed by atoms with Gasteiger partial charge in [-0.15, -0.1) is 0 Å². The number of Topliss-reactive ketones (excluding diaryl/α,β-unsaturated/α-hetero) is 1. The molecule has 7 heteroatoms. The Labute approximate surface area is 237 Å². The zero-order chi connectivity index (χ0) is 28.8. The van der Waals surface area contributed by atoms with Gasteiger partial charge in [-0.2, -0.15) is 0 Å². The van der Waals surface area contributed by atoms with Gasteiger partial charge in [0.2, 0.25) is 5.91 Å². The van der Waals surface area contributed by atoms with Gasteiger partial charge in [0.05, 0.1) is 18.1 Å². The van der Waals surface area contributed by atoms with Crippen LogP contribution in [0.15, 0.2) is 53.6 Å². The molecule has 1 aromatic rings. The monoisotopic (exact) mass is 548 g/mol. The summed E-state index contributed by atoms with van der Waals surface area (Å²) in [6.07, 6.45) is 4.91. The number of hydrogen-bond donors (Lipinski definition) is 4. The van der Waals surface area contributed by atoms with Crippen LogP contribution in [0.3, 0.4) is 0 Å². The van der Waals surface area contributed by atoms with Crippen LogP contribution < -0.4 is 5.32 Å². The van der Waals surface area contributed by atoms with E-state index in [4.69, 9.17) is 0 Å². The van der Waals surface area contributed by atoms with Gasteiger partial charge in [0.1, 0.15) is 17.2 Å². The van der Waals surface area contributed by atoms with Crippen molar-refractivity contribution in [1.29, 1.82) is 0 Å². The van der Waals surface area contributed by atoms with E-state index in [1.807, 2.05) is 57.3 Å². The molecule has 1 heterocycles. The third kappa shape index (κ3) is 3.44. The molecule has 2 bridgehead atoms. The first-order valence-corrected chi connectivity index (χ1v) is 14.9. The van der Waals surface area contributed by atoms with Crippen molar-refractivity contribution in [1.82, 2.24) is 10.2 Å². The van der Waals surface area contributed by atoms with E-state index < -0.39 is 41.2 Å². The molecule has 216 valence electrons. The molecule has 0 radical (unpaired) electrons. The van der Waals surface area contributed by atoms with E-state index >= 15 is 0 Å². The minimum atomic E-state index is -2.02. The SMILES string of the molecule is CC1=C[C@]23C(=O)[C@@H](C=C(CO)[C@@H](O)[C@]2(O)[C@H]1NC(=O)[C@]1(Cc2ccccc2)CCCN1C)[C@H]1[C@@H](C[C@H]3C)C1(C)C. The van der Waals surface area contributed by atoms with E-state index in [1.54, 1.807) is 6.08 Å². The second-order valence-electron chi connectivity index (χ2n) is 14.0. The lowest BCUT2D eigenvalue weighted by Crippen LogP contribution is -2.70. The van der Waals surface area contributed by atoms with Gasteiger partial charge in [-0.25, -0.2) is 0 Å². The zero-order valence-electron chi connectivity index (χ0n) is 24.4. The molecule has 3 fully saturated rings. The van der Waals surface area contributed by atoms with Crippen LogP contribution in [0.1, 0.15) is 52.5 Å². The molecule has 4 aliphatic carbocycles. The summed E-state index contributed by atoms with van der Waals surface area (Å²) in [5.41, 5.74) is -2.23. The number of amides is 1. The van der Waals surface area contributed by atoms with Crippen molar-refractivity contribution in [2.24, 2.45) is 34.5 Å². The Morgan fingerprint density at radius 3 is 2.52 bits per heavy atom. The summed E-state index contributed by atoms with van der Waals surface area (Å²) < 4.78 is 0. The van der Waals surface area contributed by atoms with Gasteiger partial charge in [0.15, 0.2) is 5.78 Å². The average Bonchev–Trinajstić information content (AvgIpc) is 3.18. The number of rotatable bonds is 5. The van der Waals surface area contributed by atoms with E-state index in [2.05, 4.69) is 24.1 Å². The fraction of sp³-hybridized carbons (Fsp3) is 0.636. The van der Waals surface area contributed by atoms with Crippen LogP contribution in [0.5, 0.6) is 0 Å². The van der Waals surface area contributed by atoms with Crippen LogP contribution >= 0.6 is 0 Å². The fourth-order valence-corrected chi connectivity index (χ4v) is 9.48. The second kappa shape index (κ2) is 9.09. The maximum atomic E-state index is 14.6. The number of aliphatic hydroxyl groups is 3. The number of fused-ring (bicyclic) bond motifs is 3. The molecule has 1 saturated heterocycles. The summed E-state index contributed by atoms with van der Waals surface area (Å²) in [6, 6.07) is 8.97. The smallest absolute Gasteiger partial charge is 0.241 e. The Hall–Kier alpha value is -2.32. The molecule has 1 amide bonds. The van der Waals surface area contributed by atoms with Crippen molar-refractivity contribution < 1.29 is 24.9 Å². The van der Waals surface area contributed by atoms with Crippen molar-refractivity contribution >= 4 is 11.7 Å². The maximum absolute atomic E-state index is 14.6. The highest BCUT2D eigenvalue weighted by atomic mass is 16.3. The standard InChI is InChI=1S/C33H44N2O5/c1-19-16-32-20(2)14-24-25(30(24,3)4)23(28(32)38)15-22(18-36)27(37)33(32,40)26(19)34-29(39)31(12-9-13-35(31)5)17-21-10-7-6-8-11-21/h6-8,10-11,15-16,20,23-27,36-37,40H,9,12-14,17-18H2,1-5H3,(H,34,39)/t20-,23+,24-,25+,26+,27-,31-,32+,33-/m1/s1. The average molecular weight is 549 g/mol. The molecule has 0 unspecified atom stereocenters. The van der Waals surface area contributed by atoms with Gasteiger partial charge in [0, 0.05) is 5.92 Å². The predicted octanol–water partition coefficient (Wildman–Crippen LogP) is 2.65. The topological polar surface area (TPSA) is 110 Å². The summed E-state index contributed by atoms with van der Waals surface area (Å²) >= 11 is 0. The van der Waals surface area contributed by atoms with Crippen molar-refractivity contribution in [3.8, 4) is 0 Å². The van der Waals surface area contributed by atoms with E-state index in [-0.39, 0.29) is 34.5 Å². The highest BCUT2D eigenvalue weighted by Gasteiger charge is 2.76. The van der Waals surface area contributed by atoms with Crippen molar-refractivity contribution in [2.75, 3.05) is 20.2 Å². The number of allylic oxidation sites excluding steroid dienone is 1. The molecule has 7 nitrogen and oxygen atoms in total. The molecular weight excluding hydrogens is 504 g/mol. The second-order valence-corrected chi connectivity index (χ2v) is 14.0. The van der Waals surface area contributed by atoms with Crippen molar-refractivity contribution in [3.05, 3.63) is 59.2 Å². The van der Waals surface area contributed by atoms with Gasteiger partial charge in [-0.3, -0.25) is 14.5 Å². The molecule has 4 N–H and O–H groups in total. The first-order chi connectivity index (χ1) is 18.9. The molecule has 1 aliphatic heterocycles. The van der Waals surface area contributed by atoms with E-state index in [9.17, 15) is 24.9 Å². The van der Waals surface area contributed by atoms with E-state index in [0.717, 1.165) is 24.9 Å². The van der Waals surface area contributed by atoms with E-state index in [1.165, 1.54) is 0 Å². The first kappa shape index (κ1) is 27.8. The number of hydrogen-bond acceptors (Lipinski definition) is 6. The molecule has 1 aromatic carbocycles. The van der Waals surface area contributed by atoms with Crippen LogP contribution in [-0.4, -0.2) is 75.4 Å². The lowest BCUT2D eigenvalue weighted by Gasteiger charge is -2.50. The van der Waals surface area contributed by atoms with Crippen LogP contribution in [-0.2, 0) is 16.0 Å². The Balaban J connectivity index is 1.42. The summed E-state index contributed by atoms with van der Waals surface area (Å²) in [4.78, 5) is 31.1. The number of nitrogens with zero attached hydrogens (tertiary/aromatic N) is 1. The molecular formula is C33H44N2O5. The predicted molar refractivity (Wildman–Crippen MR) is 152 cm³/mol. The van der Waals surface area contributed by atoms with Gasteiger partial charge in [-0.1, -0.05) is 68.8 Å². The van der Waals surface area contributed by atoms with Crippen LogP contribution in [0.25, 0.3) is 0 Å². The van der Waals surface area contributed by atoms with Crippen molar-refractivity contribution in [3.63, 3.8) is 0 Å². The Morgan fingerprint density at radius 2 is 1.90 bits per heavy atom. The summed E-state index contributed by atoms with van der Waals surface area (Å²) in [5, 5.41) is 38.2. The number of benzene rings is 1. The molecule has 2 saturated carbocycles. The minimum absolute atomic E-state index is 0.0253. The maximum Gasteiger partial charge on any atom is 0.241 e. The summed E-state index contributed by atoms with van der Waals surface area (Å²) in [5.74, 6) is -0.651.